The van der Waals surface area contributed by atoms with Crippen molar-refractivity contribution in [3.8, 4) is 34.5 Å². The van der Waals surface area contributed by atoms with Crippen LogP contribution in [0.4, 0.5) is 0 Å². The van der Waals surface area contributed by atoms with Crippen LogP contribution in [0.3, 0.4) is 0 Å². The standard InChI is InChI=1S/C36H40O12/c1-23(37)44-17-7-9-26-11-15-30(33(19-26)42-5)47-35(22-46-25(3)39)36(28-13-14-29(40)32(21-28)41-4)48-31-16-12-27(20-34(31)43-6)10-8-18-45-24(2)38/h7-16,19-21,35-36,40H,17-18,22H2,1-6H3/b9-7+,10-8+/t35-,36+/m1/s1. The second-order valence-corrected chi connectivity index (χ2v) is 10.2. The Bertz CT molecular complexity index is 1610. The molecule has 12 nitrogen and oxygen atoms in total. The van der Waals surface area contributed by atoms with Crippen molar-refractivity contribution in [1.29, 1.82) is 0 Å². The van der Waals surface area contributed by atoms with Gasteiger partial charge in [-0.1, -0.05) is 30.4 Å². The first-order valence-corrected chi connectivity index (χ1v) is 14.8. The van der Waals surface area contributed by atoms with E-state index in [4.69, 9.17) is 37.9 Å². The molecular formula is C36H40O12. The summed E-state index contributed by atoms with van der Waals surface area (Å²) in [5, 5.41) is 10.3. The van der Waals surface area contributed by atoms with Crippen LogP contribution in [0.25, 0.3) is 12.2 Å². The quantitative estimate of drug-likeness (QED) is 0.140. The van der Waals surface area contributed by atoms with Crippen molar-refractivity contribution < 1.29 is 57.4 Å². The molecule has 0 aliphatic carbocycles. The molecule has 0 fully saturated rings. The van der Waals surface area contributed by atoms with E-state index in [1.54, 1.807) is 72.8 Å². The number of esters is 3. The SMILES string of the molecule is COc1cc([C@H](Oc2ccc(/C=C/COC(C)=O)cc2OC)[C@@H](COC(C)=O)Oc2ccc(/C=C/COC(C)=O)cc2OC)ccc1O. The average Bonchev–Trinajstić information content (AvgIpc) is 3.06. The minimum atomic E-state index is -0.963. The van der Waals surface area contributed by atoms with Crippen molar-refractivity contribution in [2.24, 2.45) is 0 Å². The zero-order chi connectivity index (χ0) is 35.1. The Morgan fingerprint density at radius 1 is 0.625 bits per heavy atom. The zero-order valence-corrected chi connectivity index (χ0v) is 27.7. The largest absolute Gasteiger partial charge is 0.504 e. The average molecular weight is 665 g/mol. The van der Waals surface area contributed by atoms with Crippen LogP contribution in [0.2, 0.25) is 0 Å². The summed E-state index contributed by atoms with van der Waals surface area (Å²) in [4.78, 5) is 34.1. The molecule has 0 aliphatic rings. The van der Waals surface area contributed by atoms with Gasteiger partial charge in [0.1, 0.15) is 19.8 Å². The number of benzene rings is 3. The van der Waals surface area contributed by atoms with Gasteiger partial charge in [0.05, 0.1) is 21.3 Å². The van der Waals surface area contributed by atoms with Gasteiger partial charge in [0.15, 0.2) is 46.7 Å². The van der Waals surface area contributed by atoms with Gasteiger partial charge < -0.3 is 43.0 Å². The molecule has 1 N–H and O–H groups in total. The lowest BCUT2D eigenvalue weighted by atomic mass is 10.0. The Balaban J connectivity index is 2.04. The highest BCUT2D eigenvalue weighted by molar-refractivity contribution is 5.67. The van der Waals surface area contributed by atoms with Gasteiger partial charge in [-0.2, -0.15) is 0 Å². The van der Waals surface area contributed by atoms with Gasteiger partial charge >= 0.3 is 17.9 Å². The Kier molecular flexibility index (Phi) is 14.2. The first kappa shape index (κ1) is 36.8. The summed E-state index contributed by atoms with van der Waals surface area (Å²) in [6.45, 7) is 3.95. The highest BCUT2D eigenvalue weighted by atomic mass is 16.6. The number of methoxy groups -OCH3 is 3. The summed E-state index contributed by atoms with van der Waals surface area (Å²) < 4.78 is 45.0. The predicted molar refractivity (Wildman–Crippen MR) is 176 cm³/mol. The van der Waals surface area contributed by atoms with Gasteiger partial charge in [-0.05, 0) is 59.7 Å². The Morgan fingerprint density at radius 2 is 1.12 bits per heavy atom. The number of carbonyl (C=O) groups is 3. The second kappa shape index (κ2) is 18.5. The van der Waals surface area contributed by atoms with Crippen LogP contribution >= 0.6 is 0 Å². The van der Waals surface area contributed by atoms with Gasteiger partial charge in [-0.3, -0.25) is 14.4 Å². The molecule has 0 unspecified atom stereocenters. The number of carbonyl (C=O) groups excluding carboxylic acids is 3. The van der Waals surface area contributed by atoms with Gasteiger partial charge in [-0.15, -0.1) is 0 Å². The molecule has 3 aromatic rings. The van der Waals surface area contributed by atoms with Crippen LogP contribution in [0.5, 0.6) is 34.5 Å². The van der Waals surface area contributed by atoms with Crippen molar-refractivity contribution in [1.82, 2.24) is 0 Å². The van der Waals surface area contributed by atoms with Gasteiger partial charge in [0.25, 0.3) is 0 Å². The normalized spacial score (nSPS) is 12.2. The summed E-state index contributed by atoms with van der Waals surface area (Å²) in [7, 11) is 4.40. The van der Waals surface area contributed by atoms with E-state index in [9.17, 15) is 19.5 Å². The van der Waals surface area contributed by atoms with Crippen molar-refractivity contribution in [2.45, 2.75) is 33.0 Å². The van der Waals surface area contributed by atoms with Crippen molar-refractivity contribution in [3.05, 3.63) is 83.4 Å². The van der Waals surface area contributed by atoms with Crippen LogP contribution in [-0.4, -0.2) is 70.3 Å². The molecular weight excluding hydrogens is 624 g/mol. The number of phenolic OH excluding ortho intramolecular Hbond substituents is 1. The van der Waals surface area contributed by atoms with Crippen LogP contribution in [0.1, 0.15) is 43.6 Å². The number of rotatable bonds is 17. The maximum atomic E-state index is 12.0. The van der Waals surface area contributed by atoms with Crippen LogP contribution in [0, 0.1) is 0 Å². The van der Waals surface area contributed by atoms with Crippen molar-refractivity contribution >= 4 is 30.1 Å². The third-order valence-electron chi connectivity index (χ3n) is 6.61. The topological polar surface area (TPSA) is 145 Å². The number of phenols is 1. The smallest absolute Gasteiger partial charge is 0.302 e. The monoisotopic (exact) mass is 664 g/mol. The number of hydrogen-bond donors (Lipinski definition) is 1. The highest BCUT2D eigenvalue weighted by Gasteiger charge is 2.31. The molecule has 12 heteroatoms. The molecule has 3 aromatic carbocycles. The Hall–Kier alpha value is -5.65. The van der Waals surface area contributed by atoms with E-state index in [-0.39, 0.29) is 43.3 Å². The molecule has 0 heterocycles. The maximum absolute atomic E-state index is 12.0. The summed E-state index contributed by atoms with van der Waals surface area (Å²) in [5.41, 5.74) is 2.04. The lowest BCUT2D eigenvalue weighted by molar-refractivity contribution is -0.145. The van der Waals surface area contributed by atoms with E-state index in [0.29, 0.717) is 28.6 Å². The predicted octanol–water partition coefficient (Wildman–Crippen LogP) is 5.70. The molecule has 0 aromatic heterocycles. The van der Waals surface area contributed by atoms with Gasteiger partial charge in [0.2, 0.25) is 0 Å². The second-order valence-electron chi connectivity index (χ2n) is 10.2. The van der Waals surface area contributed by atoms with Gasteiger partial charge in [-0.25, -0.2) is 0 Å². The molecule has 0 bridgehead atoms. The fourth-order valence-corrected chi connectivity index (χ4v) is 4.38. The van der Waals surface area contributed by atoms with Crippen LogP contribution < -0.4 is 23.7 Å². The van der Waals surface area contributed by atoms with E-state index in [1.165, 1.54) is 48.2 Å². The van der Waals surface area contributed by atoms with Crippen LogP contribution in [0.15, 0.2) is 66.7 Å². The van der Waals surface area contributed by atoms with E-state index >= 15 is 0 Å². The first-order valence-electron chi connectivity index (χ1n) is 14.8. The molecule has 0 amide bonds. The molecule has 48 heavy (non-hydrogen) atoms. The number of ether oxygens (including phenoxy) is 8. The molecule has 256 valence electrons. The summed E-state index contributed by atoms with van der Waals surface area (Å²) in [5.74, 6) is 0.225. The highest BCUT2D eigenvalue weighted by Crippen LogP contribution is 2.39. The van der Waals surface area contributed by atoms with Gasteiger partial charge in [0, 0.05) is 26.3 Å². The summed E-state index contributed by atoms with van der Waals surface area (Å²) in [6, 6.07) is 15.1. The fourth-order valence-electron chi connectivity index (χ4n) is 4.38. The molecule has 0 saturated carbocycles. The Labute approximate surface area is 279 Å². The maximum Gasteiger partial charge on any atom is 0.302 e. The van der Waals surface area contributed by atoms with E-state index in [1.807, 2.05) is 0 Å². The van der Waals surface area contributed by atoms with Crippen LogP contribution in [-0.2, 0) is 28.6 Å². The first-order chi connectivity index (χ1) is 23.0. The van der Waals surface area contributed by atoms with E-state index in [2.05, 4.69) is 0 Å². The van der Waals surface area contributed by atoms with Crippen molar-refractivity contribution in [2.75, 3.05) is 41.2 Å². The zero-order valence-electron chi connectivity index (χ0n) is 27.7. The fraction of sp³-hybridized carbons (Fsp3) is 0.306. The lowest BCUT2D eigenvalue weighted by Crippen LogP contribution is -2.34. The third kappa shape index (κ3) is 11.3. The Morgan fingerprint density at radius 3 is 1.60 bits per heavy atom. The van der Waals surface area contributed by atoms with Crippen molar-refractivity contribution in [3.63, 3.8) is 0 Å². The van der Waals surface area contributed by atoms with E-state index in [0.717, 1.165) is 11.1 Å². The molecule has 0 aliphatic heterocycles. The molecule has 2 atom stereocenters. The summed E-state index contributed by atoms with van der Waals surface area (Å²) in [6.07, 6.45) is 5.00. The number of aromatic hydroxyl groups is 1. The minimum absolute atomic E-state index is 0.0843. The number of hydrogen-bond acceptors (Lipinski definition) is 12. The lowest BCUT2D eigenvalue weighted by Gasteiger charge is -2.30. The third-order valence-corrected chi connectivity index (χ3v) is 6.61. The summed E-state index contributed by atoms with van der Waals surface area (Å²) >= 11 is 0. The van der Waals surface area contributed by atoms with E-state index < -0.39 is 18.2 Å². The molecule has 0 spiro atoms. The minimum Gasteiger partial charge on any atom is -0.504 e. The molecule has 0 radical (unpaired) electrons. The molecule has 3 rings (SSSR count). The molecule has 0 saturated heterocycles.